The Balaban J connectivity index is 2.02. The molecule has 4 rings (SSSR count). The Hall–Kier alpha value is -2.20. The predicted molar refractivity (Wildman–Crippen MR) is 98.5 cm³/mol. The highest BCUT2D eigenvalue weighted by molar-refractivity contribution is 5.84. The normalized spacial score (nSPS) is 18.6. The van der Waals surface area contributed by atoms with E-state index in [4.69, 9.17) is 4.74 Å². The van der Waals surface area contributed by atoms with Gasteiger partial charge >= 0.3 is 0 Å². The zero-order valence-electron chi connectivity index (χ0n) is 15.1. The Kier molecular flexibility index (Phi) is 3.88. The average Bonchev–Trinajstić information content (AvgIpc) is 2.58. The van der Waals surface area contributed by atoms with Crippen LogP contribution in [-0.2, 0) is 12.8 Å². The maximum atomic E-state index is 10.5. The van der Waals surface area contributed by atoms with Gasteiger partial charge < -0.3 is 14.9 Å². The Morgan fingerprint density at radius 2 is 1.92 bits per heavy atom. The van der Waals surface area contributed by atoms with E-state index in [0.717, 1.165) is 54.6 Å². The molecule has 0 spiro atoms. The van der Waals surface area contributed by atoms with Crippen LogP contribution in [0.25, 0.3) is 11.1 Å². The summed E-state index contributed by atoms with van der Waals surface area (Å²) in [6.07, 6.45) is 2.95. The van der Waals surface area contributed by atoms with Crippen molar-refractivity contribution in [1.82, 2.24) is 4.90 Å². The molecular weight excluding hydrogens is 314 g/mol. The maximum Gasteiger partial charge on any atom is 0.168 e. The molecule has 2 aromatic carbocycles. The molecule has 1 aliphatic heterocycles. The van der Waals surface area contributed by atoms with Crippen molar-refractivity contribution in [2.75, 3.05) is 20.2 Å². The molecular formula is C21H25NO3. The Bertz CT molecular complexity index is 844. The summed E-state index contributed by atoms with van der Waals surface area (Å²) in [6.45, 7) is 6.18. The third-order valence-corrected chi connectivity index (χ3v) is 5.65. The van der Waals surface area contributed by atoms with Crippen molar-refractivity contribution in [2.45, 2.75) is 39.2 Å². The summed E-state index contributed by atoms with van der Waals surface area (Å²) >= 11 is 0. The number of phenolic OH excluding ortho intramolecular Hbond substituents is 2. The van der Waals surface area contributed by atoms with Crippen molar-refractivity contribution in [3.05, 3.63) is 40.5 Å². The van der Waals surface area contributed by atoms with E-state index < -0.39 is 0 Å². The second-order valence-corrected chi connectivity index (χ2v) is 7.18. The van der Waals surface area contributed by atoms with Crippen molar-refractivity contribution >= 4 is 0 Å². The van der Waals surface area contributed by atoms with E-state index in [1.54, 1.807) is 7.11 Å². The van der Waals surface area contributed by atoms with Crippen molar-refractivity contribution in [3.63, 3.8) is 0 Å². The summed E-state index contributed by atoms with van der Waals surface area (Å²) in [4.78, 5) is 2.53. The molecule has 4 heteroatoms. The fourth-order valence-corrected chi connectivity index (χ4v) is 4.52. The Morgan fingerprint density at radius 3 is 2.64 bits per heavy atom. The molecule has 132 valence electrons. The van der Waals surface area contributed by atoms with Crippen LogP contribution in [0.4, 0.5) is 0 Å². The van der Waals surface area contributed by atoms with Crippen molar-refractivity contribution in [2.24, 2.45) is 0 Å². The molecule has 1 atom stereocenters. The third-order valence-electron chi connectivity index (χ3n) is 5.65. The lowest BCUT2D eigenvalue weighted by atomic mass is 9.76. The lowest BCUT2D eigenvalue weighted by molar-refractivity contribution is 0.182. The topological polar surface area (TPSA) is 52.9 Å². The van der Waals surface area contributed by atoms with Crippen LogP contribution in [-0.4, -0.2) is 35.3 Å². The van der Waals surface area contributed by atoms with Crippen LogP contribution in [0.5, 0.6) is 17.2 Å². The smallest absolute Gasteiger partial charge is 0.168 e. The van der Waals surface area contributed by atoms with Gasteiger partial charge in [0.1, 0.15) is 5.75 Å². The van der Waals surface area contributed by atoms with E-state index in [1.807, 2.05) is 25.1 Å². The molecule has 1 heterocycles. The quantitative estimate of drug-likeness (QED) is 0.889. The molecule has 0 saturated carbocycles. The number of ether oxygens (including phenoxy) is 1. The molecule has 2 N–H and O–H groups in total. The van der Waals surface area contributed by atoms with E-state index in [2.05, 4.69) is 11.8 Å². The standard InChI is InChI=1S/C21H25NO3/c1-4-6-22-7-5-13-10-18(24)21(25-3)20-15-8-12(2)17(23)11-14(15)9-16(22)19(13)20/h8,10-11,16,23-24H,4-7,9H2,1-3H3. The number of hydrogen-bond acceptors (Lipinski definition) is 4. The minimum Gasteiger partial charge on any atom is -0.508 e. The van der Waals surface area contributed by atoms with Gasteiger partial charge in [-0.05, 0) is 78.7 Å². The third kappa shape index (κ3) is 2.39. The van der Waals surface area contributed by atoms with Gasteiger partial charge in [0, 0.05) is 18.2 Å². The van der Waals surface area contributed by atoms with Crippen LogP contribution >= 0.6 is 0 Å². The van der Waals surface area contributed by atoms with E-state index in [1.165, 1.54) is 11.1 Å². The fraction of sp³-hybridized carbons (Fsp3) is 0.429. The minimum atomic E-state index is 0.206. The number of phenols is 2. The SMILES string of the molecule is CCCN1CCc2cc(O)c(OC)c3c2C1Cc1cc(O)c(C)cc1-3. The van der Waals surface area contributed by atoms with Crippen LogP contribution in [0.1, 0.15) is 41.6 Å². The average molecular weight is 339 g/mol. The lowest BCUT2D eigenvalue weighted by Gasteiger charge is -2.42. The largest absolute Gasteiger partial charge is 0.508 e. The fourth-order valence-electron chi connectivity index (χ4n) is 4.52. The summed E-state index contributed by atoms with van der Waals surface area (Å²) in [5.41, 5.74) is 6.58. The molecule has 1 unspecified atom stereocenters. The number of benzene rings is 2. The first kappa shape index (κ1) is 16.3. The van der Waals surface area contributed by atoms with Crippen LogP contribution in [0, 0.1) is 6.92 Å². The number of fused-ring (bicyclic) bond motifs is 2. The highest BCUT2D eigenvalue weighted by atomic mass is 16.5. The molecule has 2 aromatic rings. The molecule has 4 nitrogen and oxygen atoms in total. The number of nitrogens with zero attached hydrogens (tertiary/aromatic N) is 1. The molecule has 1 aliphatic carbocycles. The van der Waals surface area contributed by atoms with Crippen LogP contribution in [0.15, 0.2) is 18.2 Å². The predicted octanol–water partition coefficient (Wildman–Crippen LogP) is 3.95. The van der Waals surface area contributed by atoms with Gasteiger partial charge in [0.25, 0.3) is 0 Å². The van der Waals surface area contributed by atoms with Gasteiger partial charge in [-0.1, -0.05) is 6.92 Å². The van der Waals surface area contributed by atoms with Crippen LogP contribution in [0.2, 0.25) is 0 Å². The summed E-state index contributed by atoms with van der Waals surface area (Å²) in [5, 5.41) is 20.7. The lowest BCUT2D eigenvalue weighted by Crippen LogP contribution is -2.39. The first-order valence-corrected chi connectivity index (χ1v) is 9.04. The number of aryl methyl sites for hydroxylation is 1. The highest BCUT2D eigenvalue weighted by Gasteiger charge is 2.37. The molecule has 2 aliphatic rings. The molecule has 0 bridgehead atoms. The molecule has 0 aromatic heterocycles. The van der Waals surface area contributed by atoms with Gasteiger partial charge in [-0.2, -0.15) is 0 Å². The highest BCUT2D eigenvalue weighted by Crippen LogP contribution is 2.53. The van der Waals surface area contributed by atoms with Gasteiger partial charge in [0.15, 0.2) is 11.5 Å². The summed E-state index contributed by atoms with van der Waals surface area (Å²) in [6, 6.07) is 6.07. The number of hydrogen-bond donors (Lipinski definition) is 2. The second-order valence-electron chi connectivity index (χ2n) is 7.18. The zero-order chi connectivity index (χ0) is 17.7. The van der Waals surface area contributed by atoms with E-state index in [9.17, 15) is 10.2 Å². The minimum absolute atomic E-state index is 0.206. The number of methoxy groups -OCH3 is 1. The Labute approximate surface area is 148 Å². The summed E-state index contributed by atoms with van der Waals surface area (Å²) in [7, 11) is 1.61. The molecule has 0 saturated heterocycles. The van der Waals surface area contributed by atoms with Gasteiger partial charge in [-0.3, -0.25) is 4.90 Å². The first-order chi connectivity index (χ1) is 12.0. The summed E-state index contributed by atoms with van der Waals surface area (Å²) in [5.74, 6) is 1.09. The molecule has 0 radical (unpaired) electrons. The first-order valence-electron chi connectivity index (χ1n) is 9.04. The number of rotatable bonds is 3. The Morgan fingerprint density at radius 1 is 1.16 bits per heavy atom. The molecule has 25 heavy (non-hydrogen) atoms. The van der Waals surface area contributed by atoms with E-state index in [-0.39, 0.29) is 11.8 Å². The van der Waals surface area contributed by atoms with E-state index in [0.29, 0.717) is 11.5 Å². The van der Waals surface area contributed by atoms with Crippen LogP contribution in [0.3, 0.4) is 0 Å². The maximum absolute atomic E-state index is 10.5. The van der Waals surface area contributed by atoms with Crippen molar-refractivity contribution in [1.29, 1.82) is 0 Å². The number of aromatic hydroxyl groups is 2. The van der Waals surface area contributed by atoms with E-state index >= 15 is 0 Å². The van der Waals surface area contributed by atoms with Gasteiger partial charge in [-0.15, -0.1) is 0 Å². The van der Waals surface area contributed by atoms with Crippen LogP contribution < -0.4 is 4.74 Å². The molecule has 0 fully saturated rings. The zero-order valence-corrected chi connectivity index (χ0v) is 15.1. The second kappa shape index (κ2) is 5.95. The monoisotopic (exact) mass is 339 g/mol. The van der Waals surface area contributed by atoms with Gasteiger partial charge in [-0.25, -0.2) is 0 Å². The van der Waals surface area contributed by atoms with Crippen molar-refractivity contribution < 1.29 is 14.9 Å². The molecule has 0 amide bonds. The van der Waals surface area contributed by atoms with Gasteiger partial charge in [0.05, 0.1) is 7.11 Å². The van der Waals surface area contributed by atoms with Crippen molar-refractivity contribution in [3.8, 4) is 28.4 Å². The van der Waals surface area contributed by atoms with Gasteiger partial charge in [0.2, 0.25) is 0 Å². The summed E-state index contributed by atoms with van der Waals surface area (Å²) < 4.78 is 5.61.